The standard InChI is InChI=1S/C10H10BrNS/c1-6-3-4-8-10(12-5-6)9(11)7(2)13-8/h3-6H,1-2H3. The van der Waals surface area contributed by atoms with Crippen molar-refractivity contribution < 1.29 is 0 Å². The largest absolute Gasteiger partial charge is 0.258 e. The van der Waals surface area contributed by atoms with Crippen molar-refractivity contribution in [3.05, 3.63) is 20.3 Å². The molecule has 3 heteroatoms. The van der Waals surface area contributed by atoms with E-state index in [0.29, 0.717) is 5.92 Å². The van der Waals surface area contributed by atoms with E-state index in [1.807, 2.05) is 6.21 Å². The smallest absolute Gasteiger partial charge is 0.0950 e. The number of thiophene rings is 1. The molecule has 0 radical (unpaired) electrons. The monoisotopic (exact) mass is 255 g/mol. The molecule has 1 nitrogen and oxygen atoms in total. The van der Waals surface area contributed by atoms with Gasteiger partial charge in [0.15, 0.2) is 0 Å². The van der Waals surface area contributed by atoms with Crippen LogP contribution in [0.2, 0.25) is 0 Å². The van der Waals surface area contributed by atoms with Gasteiger partial charge in [-0.25, -0.2) is 0 Å². The highest BCUT2D eigenvalue weighted by molar-refractivity contribution is 9.10. The number of rotatable bonds is 0. The van der Waals surface area contributed by atoms with E-state index >= 15 is 0 Å². The van der Waals surface area contributed by atoms with Crippen molar-refractivity contribution in [2.75, 3.05) is 0 Å². The molecule has 1 atom stereocenters. The lowest BCUT2D eigenvalue weighted by Gasteiger charge is -1.92. The summed E-state index contributed by atoms with van der Waals surface area (Å²) in [5, 5.41) is 0. The summed E-state index contributed by atoms with van der Waals surface area (Å²) in [7, 11) is 0. The Kier molecular flexibility index (Phi) is 2.39. The Hall–Kier alpha value is -0.410. The molecule has 0 amide bonds. The van der Waals surface area contributed by atoms with Crippen molar-refractivity contribution in [1.29, 1.82) is 0 Å². The fraction of sp³-hybridized carbons (Fsp3) is 0.300. The maximum Gasteiger partial charge on any atom is 0.0950 e. The van der Waals surface area contributed by atoms with Gasteiger partial charge in [-0.2, -0.15) is 0 Å². The van der Waals surface area contributed by atoms with E-state index < -0.39 is 0 Å². The molecule has 2 rings (SSSR count). The lowest BCUT2D eigenvalue weighted by atomic mass is 10.2. The van der Waals surface area contributed by atoms with Gasteiger partial charge in [0.05, 0.1) is 15.0 Å². The van der Waals surface area contributed by atoms with E-state index in [1.165, 1.54) is 9.75 Å². The van der Waals surface area contributed by atoms with Gasteiger partial charge >= 0.3 is 0 Å². The van der Waals surface area contributed by atoms with E-state index in [9.17, 15) is 0 Å². The average Bonchev–Trinajstić information content (AvgIpc) is 2.28. The van der Waals surface area contributed by atoms with E-state index in [2.05, 4.69) is 46.9 Å². The summed E-state index contributed by atoms with van der Waals surface area (Å²) in [5.74, 6) is 0.437. The Morgan fingerprint density at radius 1 is 1.54 bits per heavy atom. The fourth-order valence-corrected chi connectivity index (χ4v) is 2.85. The Balaban J connectivity index is 2.58. The molecule has 1 unspecified atom stereocenters. The third kappa shape index (κ3) is 1.63. The summed E-state index contributed by atoms with van der Waals surface area (Å²) in [6.45, 7) is 4.24. The van der Waals surface area contributed by atoms with Gasteiger partial charge < -0.3 is 0 Å². The number of fused-ring (bicyclic) bond motifs is 1. The first-order valence-electron chi connectivity index (χ1n) is 4.20. The molecule has 0 saturated heterocycles. The highest BCUT2D eigenvalue weighted by Gasteiger charge is 2.12. The molecule has 0 spiro atoms. The van der Waals surface area contributed by atoms with Crippen LogP contribution in [0.5, 0.6) is 0 Å². The predicted molar refractivity (Wildman–Crippen MR) is 63.1 cm³/mol. The molecule has 13 heavy (non-hydrogen) atoms. The minimum absolute atomic E-state index is 0.437. The molecule has 68 valence electrons. The second kappa shape index (κ2) is 3.39. The molecule has 0 N–H and O–H groups in total. The summed E-state index contributed by atoms with van der Waals surface area (Å²) in [6, 6.07) is 0. The van der Waals surface area contributed by atoms with Gasteiger partial charge in [0.1, 0.15) is 0 Å². The molecule has 1 aromatic rings. The van der Waals surface area contributed by atoms with Gasteiger partial charge in [0.2, 0.25) is 0 Å². The Bertz CT molecular complexity index is 390. The van der Waals surface area contributed by atoms with Crippen molar-refractivity contribution in [2.45, 2.75) is 13.8 Å². The van der Waals surface area contributed by atoms with Crippen LogP contribution in [0, 0.1) is 12.8 Å². The highest BCUT2D eigenvalue weighted by atomic mass is 79.9. The summed E-state index contributed by atoms with van der Waals surface area (Å²) in [4.78, 5) is 7.01. The van der Waals surface area contributed by atoms with Crippen molar-refractivity contribution in [3.63, 3.8) is 0 Å². The van der Waals surface area contributed by atoms with Crippen LogP contribution in [0.1, 0.15) is 16.7 Å². The van der Waals surface area contributed by atoms with Crippen LogP contribution in [0.4, 0.5) is 5.69 Å². The lowest BCUT2D eigenvalue weighted by molar-refractivity contribution is 1.03. The zero-order valence-electron chi connectivity index (χ0n) is 7.54. The van der Waals surface area contributed by atoms with Gasteiger partial charge in [-0.3, -0.25) is 4.99 Å². The van der Waals surface area contributed by atoms with Gasteiger partial charge in [-0.1, -0.05) is 13.0 Å². The first kappa shape index (κ1) is 9.16. The molecule has 2 heterocycles. The second-order valence-corrected chi connectivity index (χ2v) is 5.23. The van der Waals surface area contributed by atoms with Crippen LogP contribution in [-0.4, -0.2) is 6.21 Å². The van der Waals surface area contributed by atoms with E-state index in [4.69, 9.17) is 0 Å². The normalized spacial score (nSPS) is 20.1. The second-order valence-electron chi connectivity index (χ2n) is 3.18. The molecule has 0 fully saturated rings. The van der Waals surface area contributed by atoms with Crippen LogP contribution in [0.25, 0.3) is 6.08 Å². The molecule has 0 aromatic carbocycles. The molecule has 1 aliphatic rings. The van der Waals surface area contributed by atoms with Gasteiger partial charge in [0, 0.05) is 17.0 Å². The summed E-state index contributed by atoms with van der Waals surface area (Å²) in [6.07, 6.45) is 6.33. The lowest BCUT2D eigenvalue weighted by Crippen LogP contribution is -1.86. The Morgan fingerprint density at radius 2 is 2.31 bits per heavy atom. The minimum Gasteiger partial charge on any atom is -0.258 e. The number of halogens is 1. The SMILES string of the molecule is Cc1sc2c(c1Br)N=CC(C)C=C2. The third-order valence-electron chi connectivity index (χ3n) is 2.00. The molecular weight excluding hydrogens is 246 g/mol. The molecule has 1 aromatic heterocycles. The number of aliphatic imine (C=N–C) groups is 1. The molecule has 1 aliphatic heterocycles. The van der Waals surface area contributed by atoms with Gasteiger partial charge in [0.25, 0.3) is 0 Å². The van der Waals surface area contributed by atoms with Crippen molar-refractivity contribution in [1.82, 2.24) is 0 Å². The summed E-state index contributed by atoms with van der Waals surface area (Å²) >= 11 is 5.34. The van der Waals surface area contributed by atoms with Crippen LogP contribution in [0.3, 0.4) is 0 Å². The molecule has 0 bridgehead atoms. The molecule has 0 saturated carbocycles. The summed E-state index contributed by atoms with van der Waals surface area (Å²) < 4.78 is 1.14. The first-order valence-corrected chi connectivity index (χ1v) is 5.80. The van der Waals surface area contributed by atoms with Crippen LogP contribution < -0.4 is 0 Å². The first-order chi connectivity index (χ1) is 6.18. The quantitative estimate of drug-likeness (QED) is 0.660. The van der Waals surface area contributed by atoms with E-state index in [1.54, 1.807) is 11.3 Å². The number of hydrogen-bond donors (Lipinski definition) is 0. The molecule has 0 aliphatic carbocycles. The zero-order chi connectivity index (χ0) is 9.42. The maximum atomic E-state index is 4.46. The van der Waals surface area contributed by atoms with E-state index in [-0.39, 0.29) is 0 Å². The Labute approximate surface area is 90.3 Å². The zero-order valence-corrected chi connectivity index (χ0v) is 9.95. The number of aryl methyl sites for hydroxylation is 1. The van der Waals surface area contributed by atoms with Crippen molar-refractivity contribution in [3.8, 4) is 0 Å². The van der Waals surface area contributed by atoms with Gasteiger partial charge in [-0.05, 0) is 28.9 Å². The number of nitrogens with zero attached hydrogens (tertiary/aromatic N) is 1. The summed E-state index contributed by atoms with van der Waals surface area (Å²) in [5.41, 5.74) is 1.09. The van der Waals surface area contributed by atoms with Crippen molar-refractivity contribution >= 4 is 45.2 Å². The maximum absolute atomic E-state index is 4.46. The Morgan fingerprint density at radius 3 is 3.08 bits per heavy atom. The van der Waals surface area contributed by atoms with Crippen LogP contribution >= 0.6 is 27.3 Å². The van der Waals surface area contributed by atoms with Gasteiger partial charge in [-0.15, -0.1) is 11.3 Å². The number of hydrogen-bond acceptors (Lipinski definition) is 2. The minimum atomic E-state index is 0.437. The average molecular weight is 256 g/mol. The van der Waals surface area contributed by atoms with Crippen LogP contribution in [0.15, 0.2) is 15.5 Å². The topological polar surface area (TPSA) is 12.4 Å². The highest BCUT2D eigenvalue weighted by Crippen LogP contribution is 2.41. The van der Waals surface area contributed by atoms with Crippen LogP contribution in [-0.2, 0) is 0 Å². The predicted octanol–water partition coefficient (Wildman–Crippen LogP) is 4.18. The van der Waals surface area contributed by atoms with E-state index in [0.717, 1.165) is 10.2 Å². The fourth-order valence-electron chi connectivity index (χ4n) is 1.25. The third-order valence-corrected chi connectivity index (χ3v) is 4.30. The molecular formula is C10H10BrNS. The van der Waals surface area contributed by atoms with Crippen molar-refractivity contribution in [2.24, 2.45) is 10.9 Å². The number of allylic oxidation sites excluding steroid dienone is 1.